The lowest BCUT2D eigenvalue weighted by molar-refractivity contribution is -0.121. The summed E-state index contributed by atoms with van der Waals surface area (Å²) < 4.78 is 0. The van der Waals surface area contributed by atoms with Crippen molar-refractivity contribution in [2.75, 3.05) is 0 Å². The molecule has 0 saturated heterocycles. The van der Waals surface area contributed by atoms with E-state index in [0.717, 1.165) is 18.2 Å². The van der Waals surface area contributed by atoms with Crippen LogP contribution in [0, 0.1) is 0 Å². The fraction of sp³-hybridized carbons (Fsp3) is 0.238. The number of fused-ring (bicyclic) bond motifs is 1. The number of unbranched alkanes of at least 4 members (excludes halogenated alkanes) is 1. The van der Waals surface area contributed by atoms with Gasteiger partial charge in [-0.05, 0) is 30.2 Å². The second-order valence-corrected chi connectivity index (χ2v) is 7.19. The standard InChI is InChI=1S/C21H20Cl2N2O2/c1-2-3-6-18(26)25-20(15-10-8-14(22)12-17(15)23)16-9-7-13-5-4-11-24-19(13)21(16)27/h4-5,7-12,20,27H,2-3,6H2,1H3,(H,25,26)/t20-/m1/s1. The van der Waals surface area contributed by atoms with Gasteiger partial charge in [-0.15, -0.1) is 0 Å². The Balaban J connectivity index is 2.09. The van der Waals surface area contributed by atoms with E-state index in [-0.39, 0.29) is 11.7 Å². The maximum absolute atomic E-state index is 12.4. The van der Waals surface area contributed by atoms with E-state index in [1.165, 1.54) is 0 Å². The van der Waals surface area contributed by atoms with Gasteiger partial charge < -0.3 is 10.4 Å². The van der Waals surface area contributed by atoms with Gasteiger partial charge in [0.2, 0.25) is 5.91 Å². The smallest absolute Gasteiger partial charge is 0.220 e. The molecule has 140 valence electrons. The van der Waals surface area contributed by atoms with Gasteiger partial charge in [-0.25, -0.2) is 0 Å². The Labute approximate surface area is 168 Å². The molecule has 1 amide bonds. The lowest BCUT2D eigenvalue weighted by atomic mass is 9.96. The normalized spacial score (nSPS) is 12.1. The van der Waals surface area contributed by atoms with E-state index in [1.54, 1.807) is 30.5 Å². The lowest BCUT2D eigenvalue weighted by Crippen LogP contribution is -2.29. The minimum atomic E-state index is -0.606. The average Bonchev–Trinajstić information content (AvgIpc) is 2.66. The topological polar surface area (TPSA) is 62.2 Å². The molecule has 4 nitrogen and oxygen atoms in total. The van der Waals surface area contributed by atoms with E-state index >= 15 is 0 Å². The van der Waals surface area contributed by atoms with Gasteiger partial charge in [0.05, 0.1) is 6.04 Å². The number of nitrogens with one attached hydrogen (secondary N) is 1. The van der Waals surface area contributed by atoms with Crippen molar-refractivity contribution in [3.05, 3.63) is 69.8 Å². The summed E-state index contributed by atoms with van der Waals surface area (Å²) in [5, 5.41) is 15.6. The van der Waals surface area contributed by atoms with Gasteiger partial charge >= 0.3 is 0 Å². The summed E-state index contributed by atoms with van der Waals surface area (Å²) >= 11 is 12.4. The largest absolute Gasteiger partial charge is 0.505 e. The van der Waals surface area contributed by atoms with Crippen molar-refractivity contribution in [2.45, 2.75) is 32.2 Å². The molecule has 0 saturated carbocycles. The molecule has 0 aliphatic heterocycles. The van der Waals surface area contributed by atoms with Crippen molar-refractivity contribution < 1.29 is 9.90 Å². The number of amides is 1. The highest BCUT2D eigenvalue weighted by Gasteiger charge is 2.23. The number of carbonyl (C=O) groups is 1. The Morgan fingerprint density at radius 1 is 1.19 bits per heavy atom. The predicted octanol–water partition coefficient (Wildman–Crippen LogP) is 5.64. The van der Waals surface area contributed by atoms with Crippen LogP contribution in [0.1, 0.15) is 43.4 Å². The Kier molecular flexibility index (Phi) is 6.19. The monoisotopic (exact) mass is 402 g/mol. The summed E-state index contributed by atoms with van der Waals surface area (Å²) in [7, 11) is 0. The van der Waals surface area contributed by atoms with Crippen molar-refractivity contribution in [3.63, 3.8) is 0 Å². The molecular formula is C21H20Cl2N2O2. The highest BCUT2D eigenvalue weighted by Crippen LogP contribution is 2.37. The summed E-state index contributed by atoms with van der Waals surface area (Å²) in [6, 6.07) is 11.8. The first-order chi connectivity index (χ1) is 13.0. The van der Waals surface area contributed by atoms with Crippen LogP contribution >= 0.6 is 23.2 Å². The van der Waals surface area contributed by atoms with E-state index in [1.807, 2.05) is 25.1 Å². The zero-order valence-electron chi connectivity index (χ0n) is 14.9. The van der Waals surface area contributed by atoms with Crippen LogP contribution in [-0.2, 0) is 4.79 Å². The third kappa shape index (κ3) is 4.34. The Bertz CT molecular complexity index is 976. The van der Waals surface area contributed by atoms with Gasteiger partial charge in [0.25, 0.3) is 0 Å². The number of pyridine rings is 1. The molecule has 2 N–H and O–H groups in total. The first kappa shape index (κ1) is 19.5. The van der Waals surface area contributed by atoms with E-state index in [0.29, 0.717) is 33.1 Å². The first-order valence-corrected chi connectivity index (χ1v) is 9.57. The van der Waals surface area contributed by atoms with Crippen molar-refractivity contribution in [1.29, 1.82) is 0 Å². The molecule has 0 fully saturated rings. The minimum absolute atomic E-state index is 0.0277. The lowest BCUT2D eigenvalue weighted by Gasteiger charge is -2.22. The average molecular weight is 403 g/mol. The van der Waals surface area contributed by atoms with Crippen LogP contribution < -0.4 is 5.32 Å². The maximum atomic E-state index is 12.4. The molecule has 0 aliphatic carbocycles. The third-order valence-electron chi connectivity index (χ3n) is 4.43. The van der Waals surface area contributed by atoms with Crippen molar-refractivity contribution in [3.8, 4) is 5.75 Å². The summed E-state index contributed by atoms with van der Waals surface area (Å²) in [6.07, 6.45) is 3.74. The minimum Gasteiger partial charge on any atom is -0.505 e. The Morgan fingerprint density at radius 2 is 1.96 bits per heavy atom. The maximum Gasteiger partial charge on any atom is 0.220 e. The number of nitrogens with zero attached hydrogens (tertiary/aromatic N) is 1. The third-order valence-corrected chi connectivity index (χ3v) is 4.99. The van der Waals surface area contributed by atoms with Crippen molar-refractivity contribution >= 4 is 40.0 Å². The number of rotatable bonds is 6. The molecule has 1 atom stereocenters. The van der Waals surface area contributed by atoms with E-state index in [2.05, 4.69) is 10.3 Å². The molecule has 2 aromatic carbocycles. The second-order valence-electron chi connectivity index (χ2n) is 6.35. The molecule has 1 aromatic heterocycles. The summed E-state index contributed by atoms with van der Waals surface area (Å²) in [5.41, 5.74) is 1.68. The van der Waals surface area contributed by atoms with Crippen LogP contribution in [0.4, 0.5) is 0 Å². The Hall–Kier alpha value is -2.30. The molecule has 0 unspecified atom stereocenters. The van der Waals surface area contributed by atoms with Gasteiger partial charge in [-0.2, -0.15) is 0 Å². The SMILES string of the molecule is CCCCC(=O)N[C@H](c1ccc(Cl)cc1Cl)c1ccc2cccnc2c1O. The number of halogens is 2. The highest BCUT2D eigenvalue weighted by molar-refractivity contribution is 6.35. The molecule has 0 radical (unpaired) electrons. The number of aromatic nitrogens is 1. The summed E-state index contributed by atoms with van der Waals surface area (Å²) in [6.45, 7) is 2.03. The molecule has 0 bridgehead atoms. The molecule has 0 spiro atoms. The molecule has 1 heterocycles. The summed E-state index contributed by atoms with van der Waals surface area (Å²) in [4.78, 5) is 16.7. The Morgan fingerprint density at radius 3 is 2.70 bits per heavy atom. The quantitative estimate of drug-likeness (QED) is 0.560. The number of benzene rings is 2. The van der Waals surface area contributed by atoms with Crippen LogP contribution in [-0.4, -0.2) is 16.0 Å². The fourth-order valence-corrected chi connectivity index (χ4v) is 3.52. The van der Waals surface area contributed by atoms with Crippen LogP contribution in [0.25, 0.3) is 10.9 Å². The number of hydrogen-bond acceptors (Lipinski definition) is 3. The van der Waals surface area contributed by atoms with Gasteiger partial charge in [-0.3, -0.25) is 9.78 Å². The highest BCUT2D eigenvalue weighted by atomic mass is 35.5. The van der Waals surface area contributed by atoms with Crippen molar-refractivity contribution in [1.82, 2.24) is 10.3 Å². The number of aromatic hydroxyl groups is 1. The summed E-state index contributed by atoms with van der Waals surface area (Å²) in [5.74, 6) is -0.0757. The number of phenolic OH excluding ortho intramolecular Hbond substituents is 1. The molecule has 3 rings (SSSR count). The van der Waals surface area contributed by atoms with Crippen LogP contribution in [0.5, 0.6) is 5.75 Å². The zero-order valence-corrected chi connectivity index (χ0v) is 16.4. The fourth-order valence-electron chi connectivity index (χ4n) is 3.01. The number of phenols is 1. The molecular weight excluding hydrogens is 383 g/mol. The van der Waals surface area contributed by atoms with Gasteiger partial charge in [-0.1, -0.05) is 60.8 Å². The van der Waals surface area contributed by atoms with Gasteiger partial charge in [0, 0.05) is 33.6 Å². The van der Waals surface area contributed by atoms with Crippen molar-refractivity contribution in [2.24, 2.45) is 0 Å². The van der Waals surface area contributed by atoms with E-state index < -0.39 is 6.04 Å². The molecule has 27 heavy (non-hydrogen) atoms. The second kappa shape index (κ2) is 8.59. The zero-order chi connectivity index (χ0) is 19.4. The molecule has 3 aromatic rings. The number of hydrogen-bond donors (Lipinski definition) is 2. The van der Waals surface area contributed by atoms with Gasteiger partial charge in [0.1, 0.15) is 11.3 Å². The molecule has 6 heteroatoms. The molecule has 0 aliphatic rings. The van der Waals surface area contributed by atoms with E-state index in [9.17, 15) is 9.90 Å². The van der Waals surface area contributed by atoms with Crippen LogP contribution in [0.15, 0.2) is 48.7 Å². The van der Waals surface area contributed by atoms with Crippen LogP contribution in [0.2, 0.25) is 10.0 Å². The predicted molar refractivity (Wildman–Crippen MR) is 109 cm³/mol. The van der Waals surface area contributed by atoms with E-state index in [4.69, 9.17) is 23.2 Å². The number of carbonyl (C=O) groups excluding carboxylic acids is 1. The first-order valence-electron chi connectivity index (χ1n) is 8.82. The van der Waals surface area contributed by atoms with Gasteiger partial charge in [0.15, 0.2) is 0 Å². The van der Waals surface area contributed by atoms with Crippen LogP contribution in [0.3, 0.4) is 0 Å².